The second kappa shape index (κ2) is 4.69. The van der Waals surface area contributed by atoms with E-state index in [9.17, 15) is 0 Å². The van der Waals surface area contributed by atoms with Crippen molar-refractivity contribution in [2.75, 3.05) is 0 Å². The average Bonchev–Trinajstić information content (AvgIpc) is 1.89. The summed E-state index contributed by atoms with van der Waals surface area (Å²) in [6, 6.07) is 7.93. The molecular formula is C7H7BrClF. The lowest BCUT2D eigenvalue weighted by Gasteiger charge is -1.95. The van der Waals surface area contributed by atoms with Crippen molar-refractivity contribution < 1.29 is 4.70 Å². The Morgan fingerprint density at radius 3 is 2.30 bits per heavy atom. The lowest BCUT2D eigenvalue weighted by molar-refractivity contribution is 1.11. The highest BCUT2D eigenvalue weighted by atomic mass is 79.9. The maximum atomic E-state index is 5.60. The summed E-state index contributed by atoms with van der Waals surface area (Å²) in [6.45, 7) is 0. The van der Waals surface area contributed by atoms with Crippen molar-refractivity contribution in [3.63, 3.8) is 0 Å². The molecule has 0 nitrogen and oxygen atoms in total. The summed E-state index contributed by atoms with van der Waals surface area (Å²) in [4.78, 5) is 0. The third-order valence-electron chi connectivity index (χ3n) is 1.10. The molecule has 1 aromatic carbocycles. The summed E-state index contributed by atoms with van der Waals surface area (Å²) >= 11 is 8.97. The molecule has 0 aliphatic rings. The first kappa shape index (κ1) is 9.92. The Morgan fingerprint density at radius 2 is 1.90 bits per heavy atom. The summed E-state index contributed by atoms with van der Waals surface area (Å²) in [5, 5.41) is 0. The summed E-state index contributed by atoms with van der Waals surface area (Å²) in [5.41, 5.74) is 1.14. The molecule has 1 aromatic rings. The van der Waals surface area contributed by atoms with Crippen LogP contribution in [0.5, 0.6) is 0 Å². The van der Waals surface area contributed by atoms with Crippen LogP contribution in [-0.2, 0) is 5.88 Å². The van der Waals surface area contributed by atoms with Gasteiger partial charge >= 0.3 is 0 Å². The zero-order chi connectivity index (χ0) is 6.69. The topological polar surface area (TPSA) is 0 Å². The van der Waals surface area contributed by atoms with Crippen molar-refractivity contribution in [2.45, 2.75) is 5.88 Å². The van der Waals surface area contributed by atoms with Crippen LogP contribution in [0.25, 0.3) is 0 Å². The van der Waals surface area contributed by atoms with Crippen molar-refractivity contribution in [1.82, 2.24) is 0 Å². The highest BCUT2D eigenvalue weighted by Crippen LogP contribution is 2.16. The van der Waals surface area contributed by atoms with Gasteiger partial charge in [-0.05, 0) is 11.6 Å². The van der Waals surface area contributed by atoms with Gasteiger partial charge in [0.15, 0.2) is 0 Å². The molecule has 0 spiro atoms. The fraction of sp³-hybridized carbons (Fsp3) is 0.143. The predicted octanol–water partition coefficient (Wildman–Crippen LogP) is 3.34. The zero-order valence-corrected chi connectivity index (χ0v) is 7.52. The Morgan fingerprint density at radius 1 is 1.30 bits per heavy atom. The second-order valence-electron chi connectivity index (χ2n) is 1.73. The number of rotatable bonds is 1. The van der Waals surface area contributed by atoms with E-state index in [2.05, 4.69) is 15.9 Å². The van der Waals surface area contributed by atoms with Crippen LogP contribution in [0, 0.1) is 0 Å². The summed E-state index contributed by atoms with van der Waals surface area (Å²) in [7, 11) is 0. The first-order valence-electron chi connectivity index (χ1n) is 2.64. The van der Waals surface area contributed by atoms with Crippen molar-refractivity contribution in [1.29, 1.82) is 0 Å². The van der Waals surface area contributed by atoms with Gasteiger partial charge in [0, 0.05) is 10.4 Å². The van der Waals surface area contributed by atoms with Gasteiger partial charge in [-0.25, -0.2) is 0 Å². The number of halogens is 3. The maximum absolute atomic E-state index is 5.60. The van der Waals surface area contributed by atoms with E-state index in [1.54, 1.807) is 0 Å². The van der Waals surface area contributed by atoms with E-state index in [0.29, 0.717) is 5.88 Å². The minimum Gasteiger partial charge on any atom is -0.269 e. The van der Waals surface area contributed by atoms with Gasteiger partial charge in [0.2, 0.25) is 0 Å². The van der Waals surface area contributed by atoms with Gasteiger partial charge < -0.3 is 0 Å². The van der Waals surface area contributed by atoms with Crippen LogP contribution in [0.1, 0.15) is 5.56 Å². The van der Waals surface area contributed by atoms with Gasteiger partial charge in [-0.15, -0.1) is 11.6 Å². The second-order valence-corrected chi connectivity index (χ2v) is 2.85. The fourth-order valence-electron chi connectivity index (χ4n) is 0.607. The molecule has 0 saturated heterocycles. The van der Waals surface area contributed by atoms with E-state index >= 15 is 0 Å². The van der Waals surface area contributed by atoms with Gasteiger partial charge in [-0.3, -0.25) is 4.70 Å². The first-order valence-corrected chi connectivity index (χ1v) is 3.96. The molecule has 0 saturated carbocycles. The molecule has 0 amide bonds. The minimum absolute atomic E-state index is 0. The molecular weight excluding hydrogens is 218 g/mol. The molecule has 10 heavy (non-hydrogen) atoms. The normalized spacial score (nSPS) is 8.60. The van der Waals surface area contributed by atoms with Crippen LogP contribution in [-0.4, -0.2) is 0 Å². The molecule has 0 aliphatic carbocycles. The van der Waals surface area contributed by atoms with Crippen LogP contribution in [0.15, 0.2) is 28.7 Å². The molecule has 3 heteroatoms. The van der Waals surface area contributed by atoms with E-state index in [1.165, 1.54) is 0 Å². The van der Waals surface area contributed by atoms with Gasteiger partial charge in [0.05, 0.1) is 0 Å². The molecule has 0 fully saturated rings. The monoisotopic (exact) mass is 224 g/mol. The molecule has 0 aromatic heterocycles. The number of alkyl halides is 1. The van der Waals surface area contributed by atoms with E-state index in [-0.39, 0.29) is 4.70 Å². The Kier molecular flexibility index (Phi) is 4.65. The van der Waals surface area contributed by atoms with Crippen LogP contribution < -0.4 is 0 Å². The van der Waals surface area contributed by atoms with Gasteiger partial charge in [-0.2, -0.15) is 0 Å². The molecule has 0 heterocycles. The molecule has 0 atom stereocenters. The minimum atomic E-state index is 0. The van der Waals surface area contributed by atoms with Crippen molar-refractivity contribution in [2.24, 2.45) is 0 Å². The summed E-state index contributed by atoms with van der Waals surface area (Å²) in [5.74, 6) is 0.571. The van der Waals surface area contributed by atoms with Crippen LogP contribution in [0.4, 0.5) is 4.70 Å². The van der Waals surface area contributed by atoms with Gasteiger partial charge in [-0.1, -0.05) is 34.1 Å². The Labute approximate surface area is 72.7 Å². The quantitative estimate of drug-likeness (QED) is 0.643. The molecule has 1 rings (SSSR count). The number of hydrogen-bond acceptors (Lipinski definition) is 0. The molecule has 0 aliphatic heterocycles. The van der Waals surface area contributed by atoms with E-state index in [4.69, 9.17) is 11.6 Å². The van der Waals surface area contributed by atoms with E-state index < -0.39 is 0 Å². The molecule has 56 valence electrons. The third-order valence-corrected chi connectivity index (χ3v) is 2.16. The summed E-state index contributed by atoms with van der Waals surface area (Å²) in [6.07, 6.45) is 0. The third kappa shape index (κ3) is 2.27. The average molecular weight is 225 g/mol. The van der Waals surface area contributed by atoms with Crippen LogP contribution in [0.2, 0.25) is 0 Å². The van der Waals surface area contributed by atoms with E-state index in [0.717, 1.165) is 10.0 Å². The lowest BCUT2D eigenvalue weighted by atomic mass is 10.2. The summed E-state index contributed by atoms with van der Waals surface area (Å²) < 4.78 is 1.08. The maximum Gasteiger partial charge on any atom is 0.0485 e. The van der Waals surface area contributed by atoms with Crippen LogP contribution >= 0.6 is 27.5 Å². The Hall–Kier alpha value is -0.0800. The first-order chi connectivity index (χ1) is 4.34. The molecule has 0 unspecified atom stereocenters. The van der Waals surface area contributed by atoms with Crippen molar-refractivity contribution in [3.8, 4) is 0 Å². The lowest BCUT2D eigenvalue weighted by Crippen LogP contribution is -1.76. The highest BCUT2D eigenvalue weighted by molar-refractivity contribution is 9.10. The highest BCUT2D eigenvalue weighted by Gasteiger charge is 1.92. The van der Waals surface area contributed by atoms with Gasteiger partial charge in [0.25, 0.3) is 0 Å². The van der Waals surface area contributed by atoms with Crippen LogP contribution in [0.3, 0.4) is 0 Å². The molecule has 0 N–H and O–H groups in total. The standard InChI is InChI=1S/C7H6BrCl.FH/c8-7-4-2-1-3-6(7)5-9;/h1-4H,5H2;1H. The van der Waals surface area contributed by atoms with Crippen molar-refractivity contribution >= 4 is 27.5 Å². The Balaban J connectivity index is 0.000000810. The zero-order valence-electron chi connectivity index (χ0n) is 5.18. The predicted molar refractivity (Wildman–Crippen MR) is 46.2 cm³/mol. The largest absolute Gasteiger partial charge is 0.269 e. The van der Waals surface area contributed by atoms with Crippen molar-refractivity contribution in [3.05, 3.63) is 34.3 Å². The number of hydrogen-bond donors (Lipinski definition) is 0. The molecule has 0 bridgehead atoms. The fourth-order valence-corrected chi connectivity index (χ4v) is 1.43. The molecule has 0 radical (unpaired) electrons. The Bertz CT molecular complexity index is 203. The van der Waals surface area contributed by atoms with E-state index in [1.807, 2.05) is 24.3 Å². The SMILES string of the molecule is ClCc1ccccc1Br.F. The number of benzene rings is 1. The smallest absolute Gasteiger partial charge is 0.0485 e. The van der Waals surface area contributed by atoms with Gasteiger partial charge in [0.1, 0.15) is 0 Å².